The van der Waals surface area contributed by atoms with E-state index in [1.54, 1.807) is 28.4 Å². The van der Waals surface area contributed by atoms with Crippen LogP contribution in [-0.2, 0) is 31.2 Å². The van der Waals surface area contributed by atoms with E-state index in [0.717, 1.165) is 42.0 Å². The average molecular weight is 456 g/mol. The number of carbonyl (C=O) groups is 1. The number of ether oxygens (including phenoxy) is 1. The zero-order valence-corrected chi connectivity index (χ0v) is 20.0. The van der Waals surface area contributed by atoms with Crippen LogP contribution >= 0.6 is 0 Å². The van der Waals surface area contributed by atoms with Gasteiger partial charge in [0.2, 0.25) is 0 Å². The average Bonchev–Trinajstić information content (AvgIpc) is 3.08. The Morgan fingerprint density at radius 1 is 1.21 bits per heavy atom. The number of fused-ring (bicyclic) bond motifs is 1. The lowest BCUT2D eigenvalue weighted by Gasteiger charge is -2.21. The van der Waals surface area contributed by atoms with Gasteiger partial charge in [0.15, 0.2) is 11.1 Å². The van der Waals surface area contributed by atoms with Crippen molar-refractivity contribution in [1.82, 2.24) is 19.3 Å². The standard InChI is InChI=1S/C24H33N5O4/c1-6-9-18-20-21(28(5)27-18)22(30)29(19(7-2)26-20)15-8-14-25-16-10-12-17(13-11-16)33-24(3,4)23(31)32/h10-13,25H,6-9,14-15H2,1-5H3,(H,31,32). The Morgan fingerprint density at radius 2 is 1.91 bits per heavy atom. The SMILES string of the molecule is CCCc1nn(C)c2c(=O)n(CCCNc3ccc(OC(C)(C)C(=O)O)cc3)c(CC)nc12. The third-order valence-corrected chi connectivity index (χ3v) is 5.53. The van der Waals surface area contributed by atoms with Gasteiger partial charge in [-0.1, -0.05) is 20.3 Å². The zero-order chi connectivity index (χ0) is 24.2. The maximum atomic E-state index is 13.2. The number of rotatable bonds is 11. The lowest BCUT2D eigenvalue weighted by atomic mass is 10.1. The van der Waals surface area contributed by atoms with Crippen LogP contribution in [0.5, 0.6) is 5.75 Å². The Morgan fingerprint density at radius 3 is 2.52 bits per heavy atom. The van der Waals surface area contributed by atoms with E-state index in [-0.39, 0.29) is 5.56 Å². The summed E-state index contributed by atoms with van der Waals surface area (Å²) in [6.45, 7) is 8.34. The van der Waals surface area contributed by atoms with Crippen LogP contribution in [0.15, 0.2) is 29.1 Å². The van der Waals surface area contributed by atoms with Crippen molar-refractivity contribution in [1.29, 1.82) is 0 Å². The number of aryl methyl sites for hydroxylation is 3. The van der Waals surface area contributed by atoms with Gasteiger partial charge in [-0.2, -0.15) is 5.10 Å². The van der Waals surface area contributed by atoms with Gasteiger partial charge >= 0.3 is 5.97 Å². The molecule has 0 aliphatic carbocycles. The fraction of sp³-hybridized carbons (Fsp3) is 0.500. The number of nitrogens with one attached hydrogen (secondary N) is 1. The molecular formula is C24H33N5O4. The molecular weight excluding hydrogens is 422 g/mol. The molecule has 0 aliphatic heterocycles. The molecule has 0 atom stereocenters. The van der Waals surface area contributed by atoms with Gasteiger partial charge in [0.1, 0.15) is 17.1 Å². The highest BCUT2D eigenvalue weighted by molar-refractivity contribution is 5.77. The van der Waals surface area contributed by atoms with E-state index >= 15 is 0 Å². The number of aliphatic carboxylic acids is 1. The molecule has 0 bridgehead atoms. The van der Waals surface area contributed by atoms with Gasteiger partial charge in [0.25, 0.3) is 5.56 Å². The molecule has 3 rings (SSSR count). The fourth-order valence-electron chi connectivity index (χ4n) is 3.71. The van der Waals surface area contributed by atoms with Gasteiger partial charge in [-0.05, 0) is 51.0 Å². The summed E-state index contributed by atoms with van der Waals surface area (Å²) >= 11 is 0. The van der Waals surface area contributed by atoms with Crippen LogP contribution in [0.3, 0.4) is 0 Å². The number of carboxylic acids is 1. The van der Waals surface area contributed by atoms with Crippen LogP contribution in [0.4, 0.5) is 5.69 Å². The first kappa shape index (κ1) is 24.3. The highest BCUT2D eigenvalue weighted by atomic mass is 16.5. The van der Waals surface area contributed by atoms with Crippen molar-refractivity contribution in [2.45, 2.75) is 65.5 Å². The Kier molecular flexibility index (Phi) is 7.40. The molecule has 2 heterocycles. The lowest BCUT2D eigenvalue weighted by molar-refractivity contribution is -0.152. The van der Waals surface area contributed by atoms with E-state index in [9.17, 15) is 14.7 Å². The molecule has 178 valence electrons. The summed E-state index contributed by atoms with van der Waals surface area (Å²) in [4.78, 5) is 29.2. The second-order valence-electron chi connectivity index (χ2n) is 8.58. The van der Waals surface area contributed by atoms with Crippen LogP contribution < -0.4 is 15.6 Å². The Labute approximate surface area is 193 Å². The molecule has 0 saturated heterocycles. The predicted molar refractivity (Wildman–Crippen MR) is 128 cm³/mol. The van der Waals surface area contributed by atoms with Crippen LogP contribution in [0.1, 0.15) is 52.1 Å². The molecule has 0 radical (unpaired) electrons. The number of aromatic nitrogens is 4. The van der Waals surface area contributed by atoms with Gasteiger partial charge < -0.3 is 15.2 Å². The van der Waals surface area contributed by atoms with E-state index in [4.69, 9.17) is 9.72 Å². The minimum Gasteiger partial charge on any atom is -0.478 e. The molecule has 1 aromatic carbocycles. The van der Waals surface area contributed by atoms with Crippen molar-refractivity contribution in [3.05, 3.63) is 46.1 Å². The van der Waals surface area contributed by atoms with E-state index in [2.05, 4.69) is 17.3 Å². The molecule has 0 aliphatic rings. The summed E-state index contributed by atoms with van der Waals surface area (Å²) < 4.78 is 8.93. The largest absolute Gasteiger partial charge is 0.478 e. The van der Waals surface area contributed by atoms with Gasteiger partial charge in [-0.15, -0.1) is 0 Å². The van der Waals surface area contributed by atoms with Crippen molar-refractivity contribution >= 4 is 22.7 Å². The first-order chi connectivity index (χ1) is 15.7. The fourth-order valence-corrected chi connectivity index (χ4v) is 3.71. The monoisotopic (exact) mass is 455 g/mol. The van der Waals surface area contributed by atoms with Crippen LogP contribution in [0, 0.1) is 0 Å². The second-order valence-corrected chi connectivity index (χ2v) is 8.58. The lowest BCUT2D eigenvalue weighted by Crippen LogP contribution is -2.37. The number of hydrogen-bond acceptors (Lipinski definition) is 6. The van der Waals surface area contributed by atoms with Crippen LogP contribution in [-0.4, -0.2) is 42.6 Å². The van der Waals surface area contributed by atoms with Crippen LogP contribution in [0.2, 0.25) is 0 Å². The molecule has 0 unspecified atom stereocenters. The van der Waals surface area contributed by atoms with Crippen molar-refractivity contribution in [2.24, 2.45) is 7.05 Å². The normalized spacial score (nSPS) is 11.7. The summed E-state index contributed by atoms with van der Waals surface area (Å²) in [5.41, 5.74) is 1.72. The Hall–Kier alpha value is -3.36. The minimum absolute atomic E-state index is 0.0447. The van der Waals surface area contributed by atoms with E-state index in [0.29, 0.717) is 30.8 Å². The molecule has 0 fully saturated rings. The molecule has 33 heavy (non-hydrogen) atoms. The van der Waals surface area contributed by atoms with E-state index in [1.165, 1.54) is 13.8 Å². The zero-order valence-electron chi connectivity index (χ0n) is 20.0. The van der Waals surface area contributed by atoms with Crippen molar-refractivity contribution < 1.29 is 14.6 Å². The maximum absolute atomic E-state index is 13.2. The van der Waals surface area contributed by atoms with Crippen molar-refractivity contribution in [2.75, 3.05) is 11.9 Å². The Bertz CT molecular complexity index is 1180. The molecule has 0 saturated carbocycles. The molecule has 9 nitrogen and oxygen atoms in total. The molecule has 2 N–H and O–H groups in total. The van der Waals surface area contributed by atoms with Crippen molar-refractivity contribution in [3.63, 3.8) is 0 Å². The number of benzene rings is 1. The predicted octanol–water partition coefficient (Wildman–Crippen LogP) is 3.39. The smallest absolute Gasteiger partial charge is 0.347 e. The van der Waals surface area contributed by atoms with Crippen LogP contribution in [0.25, 0.3) is 11.0 Å². The number of hydrogen-bond donors (Lipinski definition) is 2. The first-order valence-electron chi connectivity index (χ1n) is 11.4. The van der Waals surface area contributed by atoms with Gasteiger partial charge in [-0.3, -0.25) is 14.0 Å². The highest BCUT2D eigenvalue weighted by Crippen LogP contribution is 2.21. The summed E-state index contributed by atoms with van der Waals surface area (Å²) in [7, 11) is 1.80. The molecule has 9 heteroatoms. The second kappa shape index (κ2) is 10.1. The van der Waals surface area contributed by atoms with Gasteiger partial charge in [-0.25, -0.2) is 9.78 Å². The van der Waals surface area contributed by atoms with E-state index < -0.39 is 11.6 Å². The molecule has 0 spiro atoms. The Balaban J connectivity index is 1.65. The van der Waals surface area contributed by atoms with Gasteiger partial charge in [0.05, 0.1) is 5.69 Å². The third kappa shape index (κ3) is 5.35. The minimum atomic E-state index is -1.29. The number of anilines is 1. The summed E-state index contributed by atoms with van der Waals surface area (Å²) in [5.74, 6) is 0.247. The summed E-state index contributed by atoms with van der Waals surface area (Å²) in [5, 5.41) is 17.0. The highest BCUT2D eigenvalue weighted by Gasteiger charge is 2.29. The van der Waals surface area contributed by atoms with Crippen molar-refractivity contribution in [3.8, 4) is 5.75 Å². The molecule has 2 aromatic heterocycles. The van der Waals surface area contributed by atoms with Gasteiger partial charge in [0, 0.05) is 32.2 Å². The number of nitrogens with zero attached hydrogens (tertiary/aromatic N) is 4. The number of carboxylic acid groups (broad SMARTS) is 1. The summed E-state index contributed by atoms with van der Waals surface area (Å²) in [6, 6.07) is 7.16. The molecule has 3 aromatic rings. The third-order valence-electron chi connectivity index (χ3n) is 5.53. The quantitative estimate of drug-likeness (QED) is 0.426. The molecule has 0 amide bonds. The topological polar surface area (TPSA) is 111 Å². The maximum Gasteiger partial charge on any atom is 0.347 e. The summed E-state index contributed by atoms with van der Waals surface area (Å²) in [6.07, 6.45) is 3.17. The first-order valence-corrected chi connectivity index (χ1v) is 11.4. The van der Waals surface area contributed by atoms with E-state index in [1.807, 2.05) is 19.1 Å².